The molecule has 15 heavy (non-hydrogen) atoms. The molecule has 1 aromatic carbocycles. The first-order valence-corrected chi connectivity index (χ1v) is 5.80. The first kappa shape index (κ1) is 12.0. The quantitative estimate of drug-likeness (QED) is 0.677. The van der Waals surface area contributed by atoms with Gasteiger partial charge in [0.25, 0.3) is 0 Å². The fourth-order valence-electron chi connectivity index (χ4n) is 1.84. The highest BCUT2D eigenvalue weighted by Gasteiger charge is 2.10. The predicted octanol–water partition coefficient (Wildman–Crippen LogP) is 3.88. The van der Waals surface area contributed by atoms with Gasteiger partial charge < -0.3 is 5.41 Å². The van der Waals surface area contributed by atoms with Crippen LogP contribution < -0.4 is 0 Å². The first-order valence-electron chi connectivity index (χ1n) is 5.80. The predicted molar refractivity (Wildman–Crippen MR) is 65.4 cm³/mol. The van der Waals surface area contributed by atoms with E-state index in [0.29, 0.717) is 5.92 Å². The smallest absolute Gasteiger partial charge is 0.0117 e. The Balaban J connectivity index is 2.44. The van der Waals surface area contributed by atoms with Crippen molar-refractivity contribution in [3.63, 3.8) is 0 Å². The second-order valence-corrected chi connectivity index (χ2v) is 3.93. The molecule has 1 N–H and O–H groups in total. The maximum Gasteiger partial charge on any atom is 0.0117 e. The molecule has 0 heterocycles. The van der Waals surface area contributed by atoms with E-state index in [1.807, 2.05) is 12.1 Å². The number of hydrogen-bond donors (Lipinski definition) is 1. The van der Waals surface area contributed by atoms with Crippen LogP contribution in [0.1, 0.15) is 38.7 Å². The Morgan fingerprint density at radius 2 is 2.00 bits per heavy atom. The molecule has 1 atom stereocenters. The molecule has 1 rings (SSSR count). The number of rotatable bonds is 6. The van der Waals surface area contributed by atoms with Crippen molar-refractivity contribution in [1.82, 2.24) is 0 Å². The largest absolute Gasteiger partial charge is 0.309 e. The van der Waals surface area contributed by atoms with Gasteiger partial charge in [-0.25, -0.2) is 0 Å². The van der Waals surface area contributed by atoms with E-state index in [0.717, 1.165) is 31.4 Å². The molecule has 0 aromatic heterocycles. The van der Waals surface area contributed by atoms with Crippen LogP contribution in [-0.2, 0) is 6.42 Å². The van der Waals surface area contributed by atoms with E-state index in [9.17, 15) is 0 Å². The molecule has 1 unspecified atom stereocenters. The number of nitrogens with one attached hydrogen (secondary N) is 1. The van der Waals surface area contributed by atoms with Crippen molar-refractivity contribution in [2.75, 3.05) is 0 Å². The first-order chi connectivity index (χ1) is 7.27. The highest BCUT2D eigenvalue weighted by atomic mass is 14.4. The topological polar surface area (TPSA) is 23.9 Å². The van der Waals surface area contributed by atoms with Gasteiger partial charge in [-0.2, -0.15) is 0 Å². The van der Waals surface area contributed by atoms with Crippen molar-refractivity contribution < 1.29 is 0 Å². The van der Waals surface area contributed by atoms with Gasteiger partial charge >= 0.3 is 0 Å². The summed E-state index contributed by atoms with van der Waals surface area (Å²) < 4.78 is 0. The zero-order valence-electron chi connectivity index (χ0n) is 9.72. The molecule has 0 fully saturated rings. The van der Waals surface area contributed by atoms with E-state index in [-0.39, 0.29) is 0 Å². The van der Waals surface area contributed by atoms with Crippen molar-refractivity contribution in [2.45, 2.75) is 39.5 Å². The van der Waals surface area contributed by atoms with Crippen LogP contribution in [0.2, 0.25) is 0 Å². The fraction of sp³-hybridized carbons (Fsp3) is 0.500. The molecule has 0 aliphatic carbocycles. The third-order valence-electron chi connectivity index (χ3n) is 2.94. The number of benzene rings is 1. The normalized spacial score (nSPS) is 12.4. The molecule has 1 aromatic rings. The molecule has 1 heteroatoms. The van der Waals surface area contributed by atoms with Crippen LogP contribution in [-0.4, -0.2) is 5.71 Å². The molecular weight excluding hydrogens is 182 g/mol. The minimum absolute atomic E-state index is 0.471. The lowest BCUT2D eigenvalue weighted by molar-refractivity contribution is 0.594. The van der Waals surface area contributed by atoms with Crippen molar-refractivity contribution in [3.05, 3.63) is 35.9 Å². The molecule has 1 radical (unpaired) electrons. The fourth-order valence-corrected chi connectivity index (χ4v) is 1.84. The van der Waals surface area contributed by atoms with Crippen LogP contribution in [0.4, 0.5) is 0 Å². The van der Waals surface area contributed by atoms with Crippen molar-refractivity contribution in [1.29, 1.82) is 5.41 Å². The molecule has 0 spiro atoms. The van der Waals surface area contributed by atoms with E-state index in [4.69, 9.17) is 5.41 Å². The van der Waals surface area contributed by atoms with E-state index in [1.54, 1.807) is 0 Å². The maximum atomic E-state index is 7.85. The van der Waals surface area contributed by atoms with Gasteiger partial charge in [0.05, 0.1) is 0 Å². The second-order valence-electron chi connectivity index (χ2n) is 3.93. The minimum atomic E-state index is 0.471. The van der Waals surface area contributed by atoms with Crippen LogP contribution in [0.25, 0.3) is 0 Å². The maximum absolute atomic E-state index is 7.85. The van der Waals surface area contributed by atoms with Crippen LogP contribution in [0.5, 0.6) is 0 Å². The van der Waals surface area contributed by atoms with Gasteiger partial charge in [0.1, 0.15) is 0 Å². The number of hydrogen-bond acceptors (Lipinski definition) is 1. The SMILES string of the molecule is CCC(=N)C(CC)CCc1cc[c]cc1. The monoisotopic (exact) mass is 202 g/mol. The standard InChI is InChI=1S/C14H20N/c1-3-13(14(15)4-2)11-10-12-8-6-5-7-9-12/h6-9,13,15H,3-4,10-11H2,1-2H3. The molecule has 1 nitrogen and oxygen atoms in total. The summed E-state index contributed by atoms with van der Waals surface area (Å²) in [5, 5.41) is 7.85. The molecule has 0 saturated carbocycles. The lowest BCUT2D eigenvalue weighted by Gasteiger charge is -2.14. The molecule has 0 aliphatic rings. The highest BCUT2D eigenvalue weighted by molar-refractivity contribution is 5.83. The van der Waals surface area contributed by atoms with Gasteiger partial charge in [-0.3, -0.25) is 0 Å². The average Bonchev–Trinajstić information content (AvgIpc) is 2.31. The Labute approximate surface area is 93.0 Å². The highest BCUT2D eigenvalue weighted by Crippen LogP contribution is 2.15. The van der Waals surface area contributed by atoms with Crippen molar-refractivity contribution in [2.24, 2.45) is 5.92 Å². The molecule has 0 bridgehead atoms. The van der Waals surface area contributed by atoms with Gasteiger partial charge in [-0.1, -0.05) is 38.1 Å². The third kappa shape index (κ3) is 3.86. The number of aryl methyl sites for hydroxylation is 1. The zero-order valence-corrected chi connectivity index (χ0v) is 9.72. The summed E-state index contributed by atoms with van der Waals surface area (Å²) in [6.45, 7) is 4.25. The summed E-state index contributed by atoms with van der Waals surface area (Å²) in [5.41, 5.74) is 2.26. The van der Waals surface area contributed by atoms with Crippen molar-refractivity contribution in [3.8, 4) is 0 Å². The molecule has 0 aliphatic heterocycles. The average molecular weight is 202 g/mol. The summed E-state index contributed by atoms with van der Waals surface area (Å²) in [7, 11) is 0. The summed E-state index contributed by atoms with van der Waals surface area (Å²) >= 11 is 0. The van der Waals surface area contributed by atoms with Crippen LogP contribution in [0, 0.1) is 17.4 Å². The molecule has 0 amide bonds. The van der Waals surface area contributed by atoms with Gasteiger partial charge in [-0.15, -0.1) is 0 Å². The summed E-state index contributed by atoms with van der Waals surface area (Å²) in [5.74, 6) is 0.471. The van der Waals surface area contributed by atoms with Crippen molar-refractivity contribution >= 4 is 5.71 Å². The van der Waals surface area contributed by atoms with E-state index >= 15 is 0 Å². The Morgan fingerprint density at radius 1 is 1.33 bits per heavy atom. The lowest BCUT2D eigenvalue weighted by atomic mass is 9.91. The van der Waals surface area contributed by atoms with E-state index < -0.39 is 0 Å². The molecular formula is C14H20N. The second kappa shape index (κ2) is 6.39. The summed E-state index contributed by atoms with van der Waals surface area (Å²) in [4.78, 5) is 0. The third-order valence-corrected chi connectivity index (χ3v) is 2.94. The van der Waals surface area contributed by atoms with Crippen LogP contribution >= 0.6 is 0 Å². The van der Waals surface area contributed by atoms with Gasteiger partial charge in [0.15, 0.2) is 0 Å². The Morgan fingerprint density at radius 3 is 2.53 bits per heavy atom. The van der Waals surface area contributed by atoms with E-state index in [2.05, 4.69) is 32.0 Å². The molecule has 81 valence electrons. The Hall–Kier alpha value is -1.11. The Bertz CT molecular complexity index is 289. The van der Waals surface area contributed by atoms with Crippen LogP contribution in [0.15, 0.2) is 24.3 Å². The Kier molecular flexibility index (Phi) is 5.09. The molecule has 0 saturated heterocycles. The zero-order chi connectivity index (χ0) is 11.1. The summed E-state index contributed by atoms with van der Waals surface area (Å²) in [6, 6.07) is 11.2. The van der Waals surface area contributed by atoms with Gasteiger partial charge in [-0.05, 0) is 43.2 Å². The summed E-state index contributed by atoms with van der Waals surface area (Å²) in [6.07, 6.45) is 4.16. The lowest BCUT2D eigenvalue weighted by Crippen LogP contribution is -2.12. The van der Waals surface area contributed by atoms with Gasteiger partial charge in [0, 0.05) is 5.71 Å². The van der Waals surface area contributed by atoms with Gasteiger partial charge in [0.2, 0.25) is 0 Å². The van der Waals surface area contributed by atoms with E-state index in [1.165, 1.54) is 5.56 Å². The van der Waals surface area contributed by atoms with Crippen LogP contribution in [0.3, 0.4) is 0 Å². The minimum Gasteiger partial charge on any atom is -0.309 e.